The van der Waals surface area contributed by atoms with E-state index < -0.39 is 15.8 Å². The van der Waals surface area contributed by atoms with Crippen LogP contribution in [0.15, 0.2) is 23.1 Å². The van der Waals surface area contributed by atoms with E-state index >= 15 is 0 Å². The fourth-order valence-corrected chi connectivity index (χ4v) is 4.77. The van der Waals surface area contributed by atoms with Crippen molar-refractivity contribution in [1.29, 1.82) is 0 Å². The Morgan fingerprint density at radius 1 is 1.32 bits per heavy atom. The number of ether oxygens (including phenoxy) is 1. The van der Waals surface area contributed by atoms with Crippen LogP contribution in [0.1, 0.15) is 31.2 Å². The highest BCUT2D eigenvalue weighted by Gasteiger charge is 2.39. The van der Waals surface area contributed by atoms with Crippen LogP contribution in [0.5, 0.6) is 0 Å². The van der Waals surface area contributed by atoms with Crippen molar-refractivity contribution < 1.29 is 22.3 Å². The van der Waals surface area contributed by atoms with E-state index in [-0.39, 0.29) is 22.9 Å². The first-order valence-electron chi connectivity index (χ1n) is 8.49. The minimum Gasteiger partial charge on any atom is -0.375 e. The Balaban J connectivity index is 1.57. The molecule has 0 aliphatic carbocycles. The van der Waals surface area contributed by atoms with Crippen LogP contribution in [0.25, 0.3) is 0 Å². The highest BCUT2D eigenvalue weighted by atomic mass is 32.2. The number of hydrogen-bond acceptors (Lipinski definition) is 4. The quantitative estimate of drug-likeness (QED) is 0.873. The predicted molar refractivity (Wildman–Crippen MR) is 90.1 cm³/mol. The van der Waals surface area contributed by atoms with Crippen LogP contribution in [0.4, 0.5) is 4.39 Å². The van der Waals surface area contributed by atoms with Gasteiger partial charge in [-0.3, -0.25) is 4.79 Å². The van der Waals surface area contributed by atoms with Crippen molar-refractivity contribution in [2.75, 3.05) is 26.2 Å². The molecule has 2 aliphatic rings. The molecule has 2 saturated heterocycles. The number of carbonyl (C=O) groups excluding carboxylic acids is 1. The molecule has 2 aliphatic heterocycles. The summed E-state index contributed by atoms with van der Waals surface area (Å²) >= 11 is 0. The second kappa shape index (κ2) is 7.01. The van der Waals surface area contributed by atoms with E-state index in [1.807, 2.05) is 0 Å². The molecule has 0 unspecified atom stereocenters. The molecule has 1 aromatic rings. The lowest BCUT2D eigenvalue weighted by Gasteiger charge is -2.38. The van der Waals surface area contributed by atoms with Crippen LogP contribution in [0.3, 0.4) is 0 Å². The third-order valence-electron chi connectivity index (χ3n) is 5.05. The Bertz CT molecular complexity index is 750. The van der Waals surface area contributed by atoms with Gasteiger partial charge in [-0.15, -0.1) is 0 Å². The number of carbonyl (C=O) groups is 1. The van der Waals surface area contributed by atoms with Crippen LogP contribution in [-0.4, -0.2) is 51.1 Å². The maximum atomic E-state index is 13.1. The number of sulfonamides is 1. The summed E-state index contributed by atoms with van der Waals surface area (Å²) in [6, 6.07) is 3.46. The molecule has 0 atom stereocenters. The lowest BCUT2D eigenvalue weighted by atomic mass is 9.88. The van der Waals surface area contributed by atoms with Gasteiger partial charge in [0.15, 0.2) is 0 Å². The number of hydrogen-bond donors (Lipinski definition) is 1. The molecule has 2 fully saturated rings. The average molecular weight is 370 g/mol. The molecule has 6 nitrogen and oxygen atoms in total. The molecule has 3 rings (SSSR count). The number of halogens is 1. The van der Waals surface area contributed by atoms with Crippen LogP contribution in [0, 0.1) is 12.7 Å². The first-order valence-corrected chi connectivity index (χ1v) is 9.97. The van der Waals surface area contributed by atoms with Crippen molar-refractivity contribution in [2.45, 2.75) is 43.1 Å². The Hall–Kier alpha value is -1.51. The van der Waals surface area contributed by atoms with E-state index in [0.717, 1.165) is 44.4 Å². The van der Waals surface area contributed by atoms with E-state index in [0.29, 0.717) is 18.7 Å². The Morgan fingerprint density at radius 2 is 2.04 bits per heavy atom. The van der Waals surface area contributed by atoms with Crippen LogP contribution in [-0.2, 0) is 19.6 Å². The molecule has 8 heteroatoms. The summed E-state index contributed by atoms with van der Waals surface area (Å²) in [6.45, 7) is 3.16. The second-order valence-corrected chi connectivity index (χ2v) is 8.49. The van der Waals surface area contributed by atoms with Crippen LogP contribution < -0.4 is 4.72 Å². The smallest absolute Gasteiger partial charge is 0.241 e. The van der Waals surface area contributed by atoms with Gasteiger partial charge in [0.05, 0.1) is 17.0 Å². The van der Waals surface area contributed by atoms with E-state index in [2.05, 4.69) is 4.72 Å². The van der Waals surface area contributed by atoms with Crippen molar-refractivity contribution in [1.82, 2.24) is 9.62 Å². The molecule has 25 heavy (non-hydrogen) atoms. The lowest BCUT2D eigenvalue weighted by Crippen LogP contribution is -2.49. The zero-order valence-corrected chi connectivity index (χ0v) is 15.1. The van der Waals surface area contributed by atoms with Crippen molar-refractivity contribution in [3.8, 4) is 0 Å². The van der Waals surface area contributed by atoms with Gasteiger partial charge in [-0.1, -0.05) is 0 Å². The maximum Gasteiger partial charge on any atom is 0.241 e. The molecule has 0 aromatic heterocycles. The predicted octanol–water partition coefficient (Wildman–Crippen LogP) is 1.58. The lowest BCUT2D eigenvalue weighted by molar-refractivity contribution is -0.134. The van der Waals surface area contributed by atoms with Gasteiger partial charge in [0.25, 0.3) is 0 Å². The summed E-state index contributed by atoms with van der Waals surface area (Å²) in [7, 11) is -3.85. The first-order chi connectivity index (χ1) is 11.8. The molecule has 1 spiro atoms. The van der Waals surface area contributed by atoms with Gasteiger partial charge < -0.3 is 9.64 Å². The van der Waals surface area contributed by atoms with Gasteiger partial charge in [0.2, 0.25) is 15.9 Å². The third-order valence-corrected chi connectivity index (χ3v) is 6.61. The molecule has 138 valence electrons. The molecule has 1 N–H and O–H groups in total. The van der Waals surface area contributed by atoms with Crippen LogP contribution >= 0.6 is 0 Å². The van der Waals surface area contributed by atoms with Gasteiger partial charge in [-0.05, 0) is 56.4 Å². The van der Waals surface area contributed by atoms with Crippen molar-refractivity contribution in [3.63, 3.8) is 0 Å². The van der Waals surface area contributed by atoms with E-state index in [1.54, 1.807) is 4.90 Å². The molecule has 1 aromatic carbocycles. The number of rotatable bonds is 4. The summed E-state index contributed by atoms with van der Waals surface area (Å²) in [4.78, 5) is 14.0. The fourth-order valence-electron chi connectivity index (χ4n) is 3.57. The normalized spacial score (nSPS) is 20.2. The Labute approximate surface area is 147 Å². The van der Waals surface area contributed by atoms with Crippen molar-refractivity contribution in [3.05, 3.63) is 29.6 Å². The van der Waals surface area contributed by atoms with E-state index in [9.17, 15) is 17.6 Å². The largest absolute Gasteiger partial charge is 0.375 e. The molecule has 1 amide bonds. The van der Waals surface area contributed by atoms with Crippen LogP contribution in [0.2, 0.25) is 0 Å². The number of amides is 1. The van der Waals surface area contributed by atoms with E-state index in [4.69, 9.17) is 4.74 Å². The minimum atomic E-state index is -3.85. The van der Waals surface area contributed by atoms with Gasteiger partial charge >= 0.3 is 0 Å². The summed E-state index contributed by atoms with van der Waals surface area (Å²) in [5.74, 6) is -0.750. The molecule has 0 radical (unpaired) electrons. The Morgan fingerprint density at radius 3 is 2.64 bits per heavy atom. The molecule has 0 saturated carbocycles. The number of aryl methyl sites for hydroxylation is 1. The molecule has 0 bridgehead atoms. The third kappa shape index (κ3) is 4.02. The second-order valence-electron chi connectivity index (χ2n) is 6.75. The van der Waals surface area contributed by atoms with Crippen molar-refractivity contribution >= 4 is 15.9 Å². The molecular formula is C17H23FN2O4S. The standard InChI is InChI=1S/C17H23FN2O4S/c1-13-11-14(18)3-4-15(13)25(22,23)19-12-16(21)20-8-6-17(7-9-20)5-2-10-24-17/h3-4,11,19H,2,5-10,12H2,1H3. The number of piperidine rings is 1. The molecule has 2 heterocycles. The summed E-state index contributed by atoms with van der Waals surface area (Å²) in [5.41, 5.74) is 0.222. The summed E-state index contributed by atoms with van der Waals surface area (Å²) in [6.07, 6.45) is 3.68. The first kappa shape index (κ1) is 18.3. The summed E-state index contributed by atoms with van der Waals surface area (Å²) in [5, 5.41) is 0. The topological polar surface area (TPSA) is 75.7 Å². The Kier molecular flexibility index (Phi) is 5.13. The number of likely N-dealkylation sites (tertiary alicyclic amines) is 1. The SMILES string of the molecule is Cc1cc(F)ccc1S(=O)(=O)NCC(=O)N1CCC2(CCCO2)CC1. The number of nitrogens with zero attached hydrogens (tertiary/aromatic N) is 1. The summed E-state index contributed by atoms with van der Waals surface area (Å²) < 4.78 is 45.9. The highest BCUT2D eigenvalue weighted by molar-refractivity contribution is 7.89. The van der Waals surface area contributed by atoms with Gasteiger partial charge in [-0.2, -0.15) is 0 Å². The minimum absolute atomic E-state index is 0.0151. The fraction of sp³-hybridized carbons (Fsp3) is 0.588. The van der Waals surface area contributed by atoms with E-state index in [1.165, 1.54) is 13.0 Å². The van der Waals surface area contributed by atoms with Gasteiger partial charge in [-0.25, -0.2) is 17.5 Å². The average Bonchev–Trinajstić information content (AvgIpc) is 3.01. The van der Waals surface area contributed by atoms with Crippen molar-refractivity contribution in [2.24, 2.45) is 0 Å². The monoisotopic (exact) mass is 370 g/mol. The van der Waals surface area contributed by atoms with Gasteiger partial charge in [0.1, 0.15) is 5.82 Å². The highest BCUT2D eigenvalue weighted by Crippen LogP contribution is 2.35. The molecular weight excluding hydrogens is 347 g/mol. The number of nitrogens with one attached hydrogen (secondary N) is 1. The number of benzene rings is 1. The zero-order chi connectivity index (χ0) is 18.1. The maximum absolute atomic E-state index is 13.1. The van der Waals surface area contributed by atoms with Gasteiger partial charge in [0, 0.05) is 19.7 Å². The zero-order valence-electron chi connectivity index (χ0n) is 14.3.